The molecule has 0 bridgehead atoms. The monoisotopic (exact) mass is 342 g/mol. The van der Waals surface area contributed by atoms with E-state index in [1.165, 1.54) is 23.8 Å². The molecule has 25 heavy (non-hydrogen) atoms. The molecule has 2 aromatic heterocycles. The fourth-order valence-electron chi connectivity index (χ4n) is 3.70. The average molecular weight is 342 g/mol. The van der Waals surface area contributed by atoms with Gasteiger partial charge in [0.25, 0.3) is 0 Å². The molecule has 0 aromatic carbocycles. The van der Waals surface area contributed by atoms with Gasteiger partial charge in [-0.2, -0.15) is 0 Å². The van der Waals surface area contributed by atoms with E-state index < -0.39 is 5.60 Å². The van der Waals surface area contributed by atoms with Gasteiger partial charge in [0, 0.05) is 30.6 Å². The number of aromatic amines is 1. The van der Waals surface area contributed by atoms with Crippen LogP contribution in [0.3, 0.4) is 0 Å². The number of nitrogens with zero attached hydrogens (tertiary/aromatic N) is 3. The van der Waals surface area contributed by atoms with Crippen LogP contribution in [-0.2, 0) is 4.74 Å². The minimum absolute atomic E-state index is 0.209. The van der Waals surface area contributed by atoms with Crippen molar-refractivity contribution in [3.05, 3.63) is 23.8 Å². The molecule has 6 heteroatoms. The number of rotatable bonds is 2. The highest BCUT2D eigenvalue weighted by Crippen LogP contribution is 2.45. The van der Waals surface area contributed by atoms with Crippen molar-refractivity contribution < 1.29 is 9.53 Å². The lowest BCUT2D eigenvalue weighted by molar-refractivity contribution is 0.0204. The lowest BCUT2D eigenvalue weighted by Gasteiger charge is -2.33. The van der Waals surface area contributed by atoms with Gasteiger partial charge in [-0.1, -0.05) is 0 Å². The van der Waals surface area contributed by atoms with Crippen LogP contribution in [0.15, 0.2) is 12.5 Å². The Morgan fingerprint density at radius 1 is 1.16 bits per heavy atom. The Morgan fingerprint density at radius 3 is 2.52 bits per heavy atom. The molecule has 1 aliphatic carbocycles. The number of hydrogen-bond donors (Lipinski definition) is 1. The summed E-state index contributed by atoms with van der Waals surface area (Å²) >= 11 is 0. The Morgan fingerprint density at radius 2 is 1.88 bits per heavy atom. The molecule has 3 heterocycles. The number of amides is 1. The summed E-state index contributed by atoms with van der Waals surface area (Å²) in [6.07, 6.45) is 7.92. The van der Waals surface area contributed by atoms with Gasteiger partial charge in [0.2, 0.25) is 0 Å². The zero-order chi connectivity index (χ0) is 17.6. The topological polar surface area (TPSA) is 71.1 Å². The highest BCUT2D eigenvalue weighted by atomic mass is 16.6. The summed E-state index contributed by atoms with van der Waals surface area (Å²) in [6, 6.07) is 0. The molecular formula is C19H26N4O2. The van der Waals surface area contributed by atoms with Crippen molar-refractivity contribution >= 4 is 17.1 Å². The molecule has 0 unspecified atom stereocenters. The van der Waals surface area contributed by atoms with Crippen molar-refractivity contribution in [1.82, 2.24) is 19.9 Å². The largest absolute Gasteiger partial charge is 0.444 e. The van der Waals surface area contributed by atoms with Gasteiger partial charge in [-0.25, -0.2) is 14.8 Å². The fourth-order valence-corrected chi connectivity index (χ4v) is 3.70. The van der Waals surface area contributed by atoms with Crippen LogP contribution in [0.4, 0.5) is 4.79 Å². The first-order chi connectivity index (χ1) is 11.9. The maximum absolute atomic E-state index is 12.3. The predicted octanol–water partition coefficient (Wildman–Crippen LogP) is 3.95. The third kappa shape index (κ3) is 3.34. The predicted molar refractivity (Wildman–Crippen MR) is 95.6 cm³/mol. The number of fused-ring (bicyclic) bond motifs is 1. The van der Waals surface area contributed by atoms with E-state index in [-0.39, 0.29) is 6.09 Å². The van der Waals surface area contributed by atoms with E-state index in [1.54, 1.807) is 6.33 Å². The lowest BCUT2D eigenvalue weighted by Crippen LogP contribution is -2.41. The van der Waals surface area contributed by atoms with Crippen molar-refractivity contribution in [3.8, 4) is 0 Å². The third-order valence-electron chi connectivity index (χ3n) is 5.08. The Hall–Kier alpha value is -2.11. The first kappa shape index (κ1) is 16.4. The number of carbonyl (C=O) groups is 1. The maximum Gasteiger partial charge on any atom is 0.410 e. The average Bonchev–Trinajstić information content (AvgIpc) is 3.32. The summed E-state index contributed by atoms with van der Waals surface area (Å²) in [5, 5.41) is 1.22. The number of ether oxygens (including phenoxy) is 1. The van der Waals surface area contributed by atoms with Crippen LogP contribution in [0.2, 0.25) is 0 Å². The zero-order valence-corrected chi connectivity index (χ0v) is 15.2. The SMILES string of the molecule is CC(C)(C)OC(=O)N1CCC(c2ncnc3[nH]cc(C4CC4)c23)CC1. The molecule has 0 spiro atoms. The van der Waals surface area contributed by atoms with Gasteiger partial charge < -0.3 is 14.6 Å². The van der Waals surface area contributed by atoms with E-state index in [4.69, 9.17) is 4.74 Å². The molecule has 2 fully saturated rings. The molecule has 1 saturated carbocycles. The highest BCUT2D eigenvalue weighted by molar-refractivity contribution is 5.83. The number of H-pyrrole nitrogens is 1. The molecule has 1 N–H and O–H groups in total. The van der Waals surface area contributed by atoms with E-state index in [2.05, 4.69) is 21.1 Å². The molecule has 4 rings (SSSR count). The Bertz CT molecular complexity index is 780. The molecule has 2 aromatic rings. The second kappa shape index (κ2) is 6.00. The second-order valence-corrected chi connectivity index (χ2v) is 8.24. The second-order valence-electron chi connectivity index (χ2n) is 8.24. The molecule has 0 radical (unpaired) electrons. The zero-order valence-electron chi connectivity index (χ0n) is 15.2. The standard InChI is InChI=1S/C19H26N4O2/c1-19(2,3)25-18(24)23-8-6-13(7-9-23)16-15-14(12-4-5-12)10-20-17(15)22-11-21-16/h10-13H,4-9H2,1-3H3,(H,20,21,22). The van der Waals surface area contributed by atoms with E-state index in [0.717, 1.165) is 24.2 Å². The molecule has 134 valence electrons. The minimum Gasteiger partial charge on any atom is -0.444 e. The van der Waals surface area contributed by atoms with Crippen molar-refractivity contribution in [3.63, 3.8) is 0 Å². The van der Waals surface area contributed by atoms with Crippen molar-refractivity contribution in [2.75, 3.05) is 13.1 Å². The van der Waals surface area contributed by atoms with Crippen LogP contribution in [0.1, 0.15) is 69.5 Å². The molecule has 1 aliphatic heterocycles. The van der Waals surface area contributed by atoms with Crippen molar-refractivity contribution in [2.45, 2.75) is 63.9 Å². The Labute approximate surface area is 148 Å². The quantitative estimate of drug-likeness (QED) is 0.897. The van der Waals surface area contributed by atoms with Crippen LogP contribution >= 0.6 is 0 Å². The van der Waals surface area contributed by atoms with Crippen molar-refractivity contribution in [1.29, 1.82) is 0 Å². The summed E-state index contributed by atoms with van der Waals surface area (Å²) in [4.78, 5) is 26.4. The van der Waals surface area contributed by atoms with Gasteiger partial charge in [0.1, 0.15) is 17.6 Å². The number of likely N-dealkylation sites (tertiary alicyclic amines) is 1. The molecule has 1 amide bonds. The van der Waals surface area contributed by atoms with E-state index >= 15 is 0 Å². The molecule has 2 aliphatic rings. The highest BCUT2D eigenvalue weighted by Gasteiger charge is 2.32. The normalized spacial score (nSPS) is 19.4. The van der Waals surface area contributed by atoms with Crippen LogP contribution in [0.25, 0.3) is 11.0 Å². The van der Waals surface area contributed by atoms with Crippen molar-refractivity contribution in [2.24, 2.45) is 0 Å². The van der Waals surface area contributed by atoms with Gasteiger partial charge >= 0.3 is 6.09 Å². The van der Waals surface area contributed by atoms with E-state index in [0.29, 0.717) is 24.9 Å². The maximum atomic E-state index is 12.3. The Balaban J connectivity index is 1.50. The van der Waals surface area contributed by atoms with Gasteiger partial charge in [-0.15, -0.1) is 0 Å². The number of carbonyl (C=O) groups excluding carboxylic acids is 1. The summed E-state index contributed by atoms with van der Waals surface area (Å²) in [6.45, 7) is 7.14. The van der Waals surface area contributed by atoms with Crippen LogP contribution in [-0.4, -0.2) is 44.6 Å². The first-order valence-corrected chi connectivity index (χ1v) is 9.22. The molecule has 0 atom stereocenters. The Kier molecular flexibility index (Phi) is 3.93. The van der Waals surface area contributed by atoms with Crippen LogP contribution in [0, 0.1) is 0 Å². The minimum atomic E-state index is -0.447. The van der Waals surface area contributed by atoms with Gasteiger partial charge in [0.05, 0.1) is 5.69 Å². The number of aromatic nitrogens is 3. The summed E-state index contributed by atoms with van der Waals surface area (Å²) < 4.78 is 5.49. The number of hydrogen-bond acceptors (Lipinski definition) is 4. The summed E-state index contributed by atoms with van der Waals surface area (Å²) in [5.41, 5.74) is 3.02. The smallest absolute Gasteiger partial charge is 0.410 e. The third-order valence-corrected chi connectivity index (χ3v) is 5.08. The van der Waals surface area contributed by atoms with Crippen LogP contribution < -0.4 is 0 Å². The van der Waals surface area contributed by atoms with E-state index in [9.17, 15) is 4.79 Å². The summed E-state index contributed by atoms with van der Waals surface area (Å²) in [7, 11) is 0. The molecule has 6 nitrogen and oxygen atoms in total. The van der Waals surface area contributed by atoms with Gasteiger partial charge in [-0.05, 0) is 57.9 Å². The first-order valence-electron chi connectivity index (χ1n) is 9.22. The molecular weight excluding hydrogens is 316 g/mol. The summed E-state index contributed by atoms with van der Waals surface area (Å²) in [5.74, 6) is 1.04. The van der Waals surface area contributed by atoms with Gasteiger partial charge in [0.15, 0.2) is 0 Å². The lowest BCUT2D eigenvalue weighted by atomic mass is 9.90. The van der Waals surface area contributed by atoms with E-state index in [1.807, 2.05) is 25.7 Å². The number of piperidine rings is 1. The number of nitrogens with one attached hydrogen (secondary N) is 1. The molecule has 1 saturated heterocycles. The fraction of sp³-hybridized carbons (Fsp3) is 0.632. The van der Waals surface area contributed by atoms with Crippen LogP contribution in [0.5, 0.6) is 0 Å². The van der Waals surface area contributed by atoms with Gasteiger partial charge in [-0.3, -0.25) is 0 Å².